The lowest BCUT2D eigenvalue weighted by atomic mass is 10.1. The summed E-state index contributed by atoms with van der Waals surface area (Å²) >= 11 is 1.32. The molecule has 7 heteroatoms. The average Bonchev–Trinajstić information content (AvgIpc) is 3.09. The standard InChI is InChI=1S/C23H27N3O3S/c1-4-5-11-26(2)14-15-7-6-8-16(12-15)22(28)25-23-20(21(24)27)18-13-17(29-3)9-10-19(18)30-23/h6-10,12-13H,4-5,11,14H2,1-3H3,(H2,24,27)(H,25,28). The Labute approximate surface area is 180 Å². The van der Waals surface area contributed by atoms with E-state index < -0.39 is 5.91 Å². The number of nitrogens with two attached hydrogens (primary N) is 1. The van der Waals surface area contributed by atoms with Crippen molar-refractivity contribution in [3.05, 3.63) is 59.2 Å². The molecule has 0 aliphatic rings. The largest absolute Gasteiger partial charge is 0.497 e. The van der Waals surface area contributed by atoms with Gasteiger partial charge in [0, 0.05) is 22.2 Å². The predicted octanol–water partition coefficient (Wildman–Crippen LogP) is 4.49. The maximum atomic E-state index is 12.9. The molecule has 3 rings (SSSR count). The van der Waals surface area contributed by atoms with E-state index in [0.717, 1.165) is 36.2 Å². The quantitative estimate of drug-likeness (QED) is 0.529. The maximum Gasteiger partial charge on any atom is 0.256 e. The van der Waals surface area contributed by atoms with Crippen molar-refractivity contribution in [3.63, 3.8) is 0 Å². The van der Waals surface area contributed by atoms with Crippen LogP contribution in [0.25, 0.3) is 10.1 Å². The van der Waals surface area contributed by atoms with Crippen molar-refractivity contribution >= 4 is 38.2 Å². The Morgan fingerprint density at radius 1 is 1.20 bits per heavy atom. The molecule has 1 heterocycles. The highest BCUT2D eigenvalue weighted by Gasteiger charge is 2.20. The van der Waals surface area contributed by atoms with E-state index >= 15 is 0 Å². The minimum atomic E-state index is -0.587. The monoisotopic (exact) mass is 425 g/mol. The van der Waals surface area contributed by atoms with Crippen LogP contribution in [0.15, 0.2) is 42.5 Å². The second-order valence-electron chi connectivity index (χ2n) is 7.28. The van der Waals surface area contributed by atoms with Crippen LogP contribution in [0.5, 0.6) is 5.75 Å². The lowest BCUT2D eigenvalue weighted by molar-refractivity contribution is 0.100. The Balaban J connectivity index is 1.84. The molecule has 0 aliphatic carbocycles. The first-order valence-electron chi connectivity index (χ1n) is 9.92. The summed E-state index contributed by atoms with van der Waals surface area (Å²) < 4.78 is 6.10. The summed E-state index contributed by atoms with van der Waals surface area (Å²) in [6.07, 6.45) is 2.29. The summed E-state index contributed by atoms with van der Waals surface area (Å²) in [6, 6.07) is 13.0. The van der Waals surface area contributed by atoms with Crippen LogP contribution in [-0.4, -0.2) is 37.4 Å². The number of carbonyl (C=O) groups excluding carboxylic acids is 2. The van der Waals surface area contributed by atoms with Crippen molar-refractivity contribution in [2.75, 3.05) is 26.0 Å². The van der Waals surface area contributed by atoms with E-state index in [1.54, 1.807) is 19.2 Å². The normalized spacial score (nSPS) is 11.1. The third-order valence-corrected chi connectivity index (χ3v) is 5.99. The van der Waals surface area contributed by atoms with Crippen LogP contribution < -0.4 is 15.8 Å². The fourth-order valence-corrected chi connectivity index (χ4v) is 4.42. The molecule has 0 saturated heterocycles. The van der Waals surface area contributed by atoms with Gasteiger partial charge in [0.1, 0.15) is 10.8 Å². The van der Waals surface area contributed by atoms with Gasteiger partial charge in [-0.25, -0.2) is 0 Å². The molecule has 0 fully saturated rings. The Kier molecular flexibility index (Phi) is 7.07. The maximum absolute atomic E-state index is 12.9. The Morgan fingerprint density at radius 3 is 2.70 bits per heavy atom. The molecule has 6 nitrogen and oxygen atoms in total. The Hall–Kier alpha value is -2.90. The van der Waals surface area contributed by atoms with E-state index in [0.29, 0.717) is 27.3 Å². The predicted molar refractivity (Wildman–Crippen MR) is 123 cm³/mol. The van der Waals surface area contributed by atoms with Gasteiger partial charge in [-0.3, -0.25) is 9.59 Å². The molecule has 2 aromatic carbocycles. The summed E-state index contributed by atoms with van der Waals surface area (Å²) in [5.41, 5.74) is 7.53. The lowest BCUT2D eigenvalue weighted by Crippen LogP contribution is -2.20. The minimum absolute atomic E-state index is 0.269. The van der Waals surface area contributed by atoms with E-state index in [-0.39, 0.29) is 5.91 Å². The molecule has 0 spiro atoms. The number of rotatable bonds is 9. The zero-order valence-corrected chi connectivity index (χ0v) is 18.3. The molecule has 3 N–H and O–H groups in total. The second-order valence-corrected chi connectivity index (χ2v) is 8.33. The van der Waals surface area contributed by atoms with Gasteiger partial charge in [0.05, 0.1) is 12.7 Å². The summed E-state index contributed by atoms with van der Waals surface area (Å²) in [7, 11) is 3.64. The first kappa shape index (κ1) is 21.8. The van der Waals surface area contributed by atoms with Crippen LogP contribution in [0, 0.1) is 0 Å². The van der Waals surface area contributed by atoms with Crippen LogP contribution in [0.2, 0.25) is 0 Å². The van der Waals surface area contributed by atoms with Crippen molar-refractivity contribution < 1.29 is 14.3 Å². The molecule has 0 atom stereocenters. The van der Waals surface area contributed by atoms with Gasteiger partial charge >= 0.3 is 0 Å². The third kappa shape index (κ3) is 4.98. The topological polar surface area (TPSA) is 84.7 Å². The highest BCUT2D eigenvalue weighted by Crippen LogP contribution is 2.37. The number of primary amides is 1. The number of methoxy groups -OCH3 is 1. The lowest BCUT2D eigenvalue weighted by Gasteiger charge is -2.16. The number of ether oxygens (including phenoxy) is 1. The molecule has 0 aliphatic heterocycles. The molecule has 30 heavy (non-hydrogen) atoms. The van der Waals surface area contributed by atoms with Crippen molar-refractivity contribution in [1.82, 2.24) is 4.90 Å². The van der Waals surface area contributed by atoms with E-state index in [1.165, 1.54) is 11.3 Å². The van der Waals surface area contributed by atoms with Crippen molar-refractivity contribution in [2.24, 2.45) is 5.73 Å². The van der Waals surface area contributed by atoms with E-state index in [2.05, 4.69) is 24.2 Å². The van der Waals surface area contributed by atoms with E-state index in [9.17, 15) is 9.59 Å². The van der Waals surface area contributed by atoms with Gasteiger partial charge in [0.2, 0.25) is 0 Å². The highest BCUT2D eigenvalue weighted by molar-refractivity contribution is 7.23. The zero-order valence-electron chi connectivity index (χ0n) is 17.5. The van der Waals surface area contributed by atoms with Crippen LogP contribution in [0.1, 0.15) is 46.0 Å². The van der Waals surface area contributed by atoms with Crippen LogP contribution >= 0.6 is 11.3 Å². The average molecular weight is 426 g/mol. The molecule has 158 valence electrons. The van der Waals surface area contributed by atoms with E-state index in [4.69, 9.17) is 10.5 Å². The summed E-state index contributed by atoms with van der Waals surface area (Å²) in [4.78, 5) is 27.3. The van der Waals surface area contributed by atoms with Crippen molar-refractivity contribution in [2.45, 2.75) is 26.3 Å². The number of anilines is 1. The molecule has 3 aromatic rings. The second kappa shape index (κ2) is 9.73. The Bertz CT molecular complexity index is 1060. The number of carbonyl (C=O) groups is 2. The van der Waals surface area contributed by atoms with Gasteiger partial charge in [0.25, 0.3) is 11.8 Å². The SMILES string of the molecule is CCCCN(C)Cc1cccc(C(=O)Nc2sc3ccc(OC)cc3c2C(N)=O)c1. The fraction of sp³-hybridized carbons (Fsp3) is 0.304. The molecule has 2 amide bonds. The third-order valence-electron chi connectivity index (χ3n) is 4.90. The number of fused-ring (bicyclic) bond motifs is 1. The zero-order chi connectivity index (χ0) is 21.7. The molecule has 0 bridgehead atoms. The number of thiophene rings is 1. The number of hydrogen-bond acceptors (Lipinski definition) is 5. The van der Waals surface area contributed by atoms with Crippen molar-refractivity contribution in [3.8, 4) is 5.75 Å². The first-order valence-corrected chi connectivity index (χ1v) is 10.7. The number of nitrogens with one attached hydrogen (secondary N) is 1. The molecule has 0 unspecified atom stereocenters. The van der Waals surface area contributed by atoms with Gasteiger partial charge < -0.3 is 20.7 Å². The number of benzene rings is 2. The van der Waals surface area contributed by atoms with Crippen molar-refractivity contribution in [1.29, 1.82) is 0 Å². The fourth-order valence-electron chi connectivity index (χ4n) is 3.34. The molecule has 0 radical (unpaired) electrons. The number of nitrogens with zero attached hydrogens (tertiary/aromatic N) is 1. The smallest absolute Gasteiger partial charge is 0.256 e. The highest BCUT2D eigenvalue weighted by atomic mass is 32.1. The van der Waals surface area contributed by atoms with Gasteiger partial charge in [0.15, 0.2) is 0 Å². The molecule has 1 aromatic heterocycles. The summed E-state index contributed by atoms with van der Waals surface area (Å²) in [6.45, 7) is 3.96. The first-order chi connectivity index (χ1) is 14.4. The van der Waals surface area contributed by atoms with Crippen LogP contribution in [-0.2, 0) is 6.54 Å². The number of unbranched alkanes of at least 4 members (excludes halogenated alkanes) is 1. The number of amides is 2. The van der Waals surface area contributed by atoms with Gasteiger partial charge in [-0.15, -0.1) is 11.3 Å². The van der Waals surface area contributed by atoms with Gasteiger partial charge in [-0.05, 0) is 55.9 Å². The number of hydrogen-bond donors (Lipinski definition) is 2. The van der Waals surface area contributed by atoms with Crippen LogP contribution in [0.3, 0.4) is 0 Å². The summed E-state index contributed by atoms with van der Waals surface area (Å²) in [5.74, 6) is -0.231. The summed E-state index contributed by atoms with van der Waals surface area (Å²) in [5, 5.41) is 3.99. The molecular formula is C23H27N3O3S. The van der Waals surface area contributed by atoms with E-state index in [1.807, 2.05) is 30.3 Å². The molecular weight excluding hydrogens is 398 g/mol. The van der Waals surface area contributed by atoms with Gasteiger partial charge in [-0.1, -0.05) is 25.5 Å². The minimum Gasteiger partial charge on any atom is -0.497 e. The molecule has 0 saturated carbocycles. The van der Waals surface area contributed by atoms with Gasteiger partial charge in [-0.2, -0.15) is 0 Å². The Morgan fingerprint density at radius 2 is 2.00 bits per heavy atom. The van der Waals surface area contributed by atoms with Crippen LogP contribution in [0.4, 0.5) is 5.00 Å².